The van der Waals surface area contributed by atoms with Crippen LogP contribution in [0.4, 0.5) is 0 Å². The molecule has 1 heterocycles. The van der Waals surface area contributed by atoms with Gasteiger partial charge in [0.15, 0.2) is 0 Å². The molecule has 0 aromatic heterocycles. The zero-order chi connectivity index (χ0) is 14.2. The van der Waals surface area contributed by atoms with Crippen molar-refractivity contribution in [2.75, 3.05) is 0 Å². The summed E-state index contributed by atoms with van der Waals surface area (Å²) >= 11 is 1.92. The molecule has 0 saturated carbocycles. The van der Waals surface area contributed by atoms with E-state index >= 15 is 0 Å². The third-order valence-corrected chi connectivity index (χ3v) is 5.65. The third-order valence-electron chi connectivity index (χ3n) is 4.23. The summed E-state index contributed by atoms with van der Waals surface area (Å²) in [4.78, 5) is 1.39. The average molecular weight is 291 g/mol. The van der Waals surface area contributed by atoms with E-state index in [2.05, 4.69) is 66.7 Å². The van der Waals surface area contributed by atoms with Crippen LogP contribution < -0.4 is 5.73 Å². The predicted molar refractivity (Wildman–Crippen MR) is 90.7 cm³/mol. The van der Waals surface area contributed by atoms with Gasteiger partial charge in [0.05, 0.1) is 0 Å². The highest BCUT2D eigenvalue weighted by atomic mass is 32.2. The van der Waals surface area contributed by atoms with E-state index in [1.54, 1.807) is 0 Å². The van der Waals surface area contributed by atoms with Crippen molar-refractivity contribution in [1.82, 2.24) is 0 Å². The van der Waals surface area contributed by atoms with Crippen molar-refractivity contribution in [3.8, 4) is 0 Å². The molecule has 0 amide bonds. The molecule has 0 radical (unpaired) electrons. The van der Waals surface area contributed by atoms with Gasteiger partial charge >= 0.3 is 0 Å². The van der Waals surface area contributed by atoms with Crippen LogP contribution in [-0.4, -0.2) is 5.25 Å². The van der Waals surface area contributed by atoms with E-state index in [-0.39, 0.29) is 6.04 Å². The van der Waals surface area contributed by atoms with Gasteiger partial charge in [-0.3, -0.25) is 0 Å². The van der Waals surface area contributed by atoms with Crippen LogP contribution in [0.3, 0.4) is 0 Å². The monoisotopic (exact) mass is 291 g/mol. The van der Waals surface area contributed by atoms with Gasteiger partial charge in [0, 0.05) is 16.2 Å². The second-order valence-electron chi connectivity index (χ2n) is 5.60. The molecule has 0 aliphatic carbocycles. The van der Waals surface area contributed by atoms with E-state index in [1.165, 1.54) is 26.8 Å². The summed E-state index contributed by atoms with van der Waals surface area (Å²) in [6, 6.07) is 23.8. The molecule has 1 aliphatic heterocycles. The molecular weight excluding hydrogens is 274 g/mol. The molecule has 1 nitrogen and oxygen atoms in total. The molecule has 0 saturated heterocycles. The van der Waals surface area contributed by atoms with Crippen molar-refractivity contribution in [3.63, 3.8) is 0 Å². The van der Waals surface area contributed by atoms with E-state index in [4.69, 9.17) is 5.73 Å². The number of hydrogen-bond donors (Lipinski definition) is 1. The zero-order valence-electron chi connectivity index (χ0n) is 11.7. The van der Waals surface area contributed by atoms with Crippen LogP contribution in [0.1, 0.15) is 17.2 Å². The Labute approximate surface area is 129 Å². The standard InChI is InChI=1S/C19H17NS/c20-19(18-12-15-7-3-4-8-17(15)21-18)16-10-9-13-5-1-2-6-14(13)11-16/h1-11,18-19H,12,20H2. The highest BCUT2D eigenvalue weighted by molar-refractivity contribution is 8.00. The van der Waals surface area contributed by atoms with Crippen LogP contribution >= 0.6 is 11.8 Å². The Morgan fingerprint density at radius 3 is 2.52 bits per heavy atom. The van der Waals surface area contributed by atoms with Gasteiger partial charge in [-0.1, -0.05) is 54.6 Å². The molecule has 3 aromatic carbocycles. The Morgan fingerprint density at radius 2 is 1.67 bits per heavy atom. The summed E-state index contributed by atoms with van der Waals surface area (Å²) in [6.45, 7) is 0. The number of fused-ring (bicyclic) bond motifs is 2. The van der Waals surface area contributed by atoms with E-state index in [0.717, 1.165) is 6.42 Å². The predicted octanol–water partition coefficient (Wildman–Crippen LogP) is 4.56. The number of nitrogens with two attached hydrogens (primary N) is 1. The third kappa shape index (κ3) is 2.35. The van der Waals surface area contributed by atoms with Crippen molar-refractivity contribution in [2.45, 2.75) is 22.6 Å². The molecule has 3 aromatic rings. The fourth-order valence-electron chi connectivity index (χ4n) is 3.04. The maximum atomic E-state index is 6.55. The molecule has 2 heteroatoms. The van der Waals surface area contributed by atoms with Crippen molar-refractivity contribution in [2.24, 2.45) is 5.73 Å². The van der Waals surface area contributed by atoms with Crippen molar-refractivity contribution < 1.29 is 0 Å². The minimum Gasteiger partial charge on any atom is -0.323 e. The lowest BCUT2D eigenvalue weighted by atomic mass is 9.97. The van der Waals surface area contributed by atoms with Crippen LogP contribution in [0.15, 0.2) is 71.6 Å². The van der Waals surface area contributed by atoms with E-state index < -0.39 is 0 Å². The number of rotatable bonds is 2. The van der Waals surface area contributed by atoms with Gasteiger partial charge in [0.1, 0.15) is 0 Å². The summed E-state index contributed by atoms with van der Waals surface area (Å²) in [5.41, 5.74) is 9.22. The summed E-state index contributed by atoms with van der Waals surface area (Å²) in [5.74, 6) is 0. The molecular formula is C19H17NS. The van der Waals surface area contributed by atoms with Crippen LogP contribution in [-0.2, 0) is 6.42 Å². The highest BCUT2D eigenvalue weighted by Gasteiger charge is 2.28. The first kappa shape index (κ1) is 12.9. The molecule has 0 bridgehead atoms. The van der Waals surface area contributed by atoms with Crippen LogP contribution in [0.5, 0.6) is 0 Å². The first-order chi connectivity index (χ1) is 10.3. The lowest BCUT2D eigenvalue weighted by Crippen LogP contribution is -2.23. The first-order valence-electron chi connectivity index (χ1n) is 7.30. The second-order valence-corrected chi connectivity index (χ2v) is 6.88. The fraction of sp³-hybridized carbons (Fsp3) is 0.158. The average Bonchev–Trinajstić information content (AvgIpc) is 2.97. The Balaban J connectivity index is 1.64. The number of benzene rings is 3. The summed E-state index contributed by atoms with van der Waals surface area (Å²) in [7, 11) is 0. The van der Waals surface area contributed by atoms with Gasteiger partial charge in [-0.15, -0.1) is 11.8 Å². The second kappa shape index (κ2) is 5.21. The minimum atomic E-state index is 0.0759. The van der Waals surface area contributed by atoms with Crippen molar-refractivity contribution >= 4 is 22.5 Å². The summed E-state index contributed by atoms with van der Waals surface area (Å²) in [6.07, 6.45) is 1.06. The lowest BCUT2D eigenvalue weighted by Gasteiger charge is -2.19. The van der Waals surface area contributed by atoms with Gasteiger partial charge in [-0.05, 0) is 40.5 Å². The molecule has 4 rings (SSSR count). The van der Waals surface area contributed by atoms with Gasteiger partial charge < -0.3 is 5.73 Å². The Kier molecular flexibility index (Phi) is 3.21. The molecule has 21 heavy (non-hydrogen) atoms. The van der Waals surface area contributed by atoms with Crippen LogP contribution in [0.2, 0.25) is 0 Å². The molecule has 2 atom stereocenters. The highest BCUT2D eigenvalue weighted by Crippen LogP contribution is 2.41. The van der Waals surface area contributed by atoms with Gasteiger partial charge in [-0.2, -0.15) is 0 Å². The zero-order valence-corrected chi connectivity index (χ0v) is 12.5. The van der Waals surface area contributed by atoms with Gasteiger partial charge in [0.2, 0.25) is 0 Å². The topological polar surface area (TPSA) is 26.0 Å². The van der Waals surface area contributed by atoms with Gasteiger partial charge in [-0.25, -0.2) is 0 Å². The van der Waals surface area contributed by atoms with E-state index in [1.807, 2.05) is 11.8 Å². The molecule has 104 valence electrons. The smallest absolute Gasteiger partial charge is 0.0422 e. The molecule has 2 unspecified atom stereocenters. The Morgan fingerprint density at radius 1 is 0.905 bits per heavy atom. The summed E-state index contributed by atoms with van der Waals surface area (Å²) < 4.78 is 0. The van der Waals surface area contributed by atoms with E-state index in [0.29, 0.717) is 5.25 Å². The van der Waals surface area contributed by atoms with Crippen LogP contribution in [0.25, 0.3) is 10.8 Å². The molecule has 0 fully saturated rings. The largest absolute Gasteiger partial charge is 0.323 e. The Bertz CT molecular complexity index is 771. The maximum absolute atomic E-state index is 6.55. The number of hydrogen-bond acceptors (Lipinski definition) is 2. The minimum absolute atomic E-state index is 0.0759. The first-order valence-corrected chi connectivity index (χ1v) is 8.18. The van der Waals surface area contributed by atoms with Crippen molar-refractivity contribution in [3.05, 3.63) is 77.9 Å². The normalized spacial score (nSPS) is 18.6. The SMILES string of the molecule is NC(c1ccc2ccccc2c1)C1Cc2ccccc2S1. The fourth-order valence-corrected chi connectivity index (χ4v) is 4.39. The quantitative estimate of drug-likeness (QED) is 0.749. The van der Waals surface area contributed by atoms with Crippen LogP contribution in [0, 0.1) is 0 Å². The summed E-state index contributed by atoms with van der Waals surface area (Å²) in [5, 5.41) is 2.98. The number of thioether (sulfide) groups is 1. The van der Waals surface area contributed by atoms with Crippen molar-refractivity contribution in [1.29, 1.82) is 0 Å². The van der Waals surface area contributed by atoms with Gasteiger partial charge in [0.25, 0.3) is 0 Å². The molecule has 2 N–H and O–H groups in total. The molecule has 1 aliphatic rings. The van der Waals surface area contributed by atoms with E-state index in [9.17, 15) is 0 Å². The Hall–Kier alpha value is -1.77. The molecule has 0 spiro atoms. The maximum Gasteiger partial charge on any atom is 0.0422 e. The lowest BCUT2D eigenvalue weighted by molar-refractivity contribution is 0.679.